The van der Waals surface area contributed by atoms with Crippen molar-refractivity contribution in [3.05, 3.63) is 35.0 Å². The summed E-state index contributed by atoms with van der Waals surface area (Å²) in [4.78, 5) is 19.5. The van der Waals surface area contributed by atoms with Crippen molar-refractivity contribution in [3.63, 3.8) is 0 Å². The summed E-state index contributed by atoms with van der Waals surface area (Å²) in [5.74, 6) is -0.0641. The maximum absolute atomic E-state index is 11.0. The lowest BCUT2D eigenvalue weighted by Crippen LogP contribution is -2.04. The highest BCUT2D eigenvalue weighted by Crippen LogP contribution is 2.41. The lowest BCUT2D eigenvalue weighted by Gasteiger charge is -2.04. The molecule has 0 bridgehead atoms. The number of nitrogens with one attached hydrogen (secondary N) is 1. The maximum atomic E-state index is 11.0. The van der Waals surface area contributed by atoms with Crippen LogP contribution in [0.25, 0.3) is 0 Å². The highest BCUT2D eigenvalue weighted by Gasteiger charge is 2.26. The van der Waals surface area contributed by atoms with Crippen molar-refractivity contribution in [3.8, 4) is 0 Å². The second kappa shape index (κ2) is 4.38. The molecule has 2 heterocycles. The topological polar surface area (TPSA) is 75.1 Å². The molecule has 0 radical (unpaired) electrons. The Morgan fingerprint density at radius 3 is 3.06 bits per heavy atom. The molecule has 5 nitrogen and oxygen atoms in total. The second-order valence-electron chi connectivity index (χ2n) is 4.18. The molecule has 0 aliphatic heterocycles. The number of rotatable bonds is 4. The Labute approximate surface area is 108 Å². The fourth-order valence-electron chi connectivity index (χ4n) is 1.69. The van der Waals surface area contributed by atoms with Crippen LogP contribution in [0.3, 0.4) is 0 Å². The first kappa shape index (κ1) is 11.2. The van der Waals surface area contributed by atoms with E-state index in [0.29, 0.717) is 16.9 Å². The van der Waals surface area contributed by atoms with Crippen molar-refractivity contribution in [2.75, 3.05) is 5.32 Å². The molecule has 0 aromatic carbocycles. The Bertz CT molecular complexity index is 593. The first-order valence-electron chi connectivity index (χ1n) is 5.65. The maximum Gasteiger partial charge on any atom is 0.339 e. The number of aromatic nitrogens is 2. The number of carbonyl (C=O) groups is 1. The smallest absolute Gasteiger partial charge is 0.339 e. The molecule has 1 fully saturated rings. The van der Waals surface area contributed by atoms with Crippen molar-refractivity contribution in [2.24, 2.45) is 0 Å². The molecule has 6 heteroatoms. The van der Waals surface area contributed by atoms with Crippen molar-refractivity contribution in [1.82, 2.24) is 9.97 Å². The molecule has 0 amide bonds. The number of anilines is 2. The number of thiazole rings is 1. The molecule has 18 heavy (non-hydrogen) atoms. The summed E-state index contributed by atoms with van der Waals surface area (Å²) < 4.78 is 0. The van der Waals surface area contributed by atoms with E-state index in [4.69, 9.17) is 5.11 Å². The molecule has 2 aromatic heterocycles. The van der Waals surface area contributed by atoms with Gasteiger partial charge in [0.25, 0.3) is 0 Å². The fourth-order valence-corrected chi connectivity index (χ4v) is 2.48. The molecule has 92 valence electrons. The lowest BCUT2D eigenvalue weighted by molar-refractivity contribution is 0.0697. The summed E-state index contributed by atoms with van der Waals surface area (Å²) in [7, 11) is 0. The van der Waals surface area contributed by atoms with Gasteiger partial charge in [0.2, 0.25) is 0 Å². The zero-order valence-electron chi connectivity index (χ0n) is 9.46. The van der Waals surface area contributed by atoms with Crippen LogP contribution in [0, 0.1) is 0 Å². The molecule has 3 rings (SSSR count). The van der Waals surface area contributed by atoms with Crippen molar-refractivity contribution in [1.29, 1.82) is 0 Å². The van der Waals surface area contributed by atoms with E-state index in [1.807, 2.05) is 5.38 Å². The molecular weight excluding hydrogens is 250 g/mol. The van der Waals surface area contributed by atoms with Gasteiger partial charge in [0.05, 0.1) is 5.69 Å². The molecule has 1 aliphatic carbocycles. The van der Waals surface area contributed by atoms with Crippen molar-refractivity contribution >= 4 is 28.3 Å². The molecule has 1 aliphatic rings. The van der Waals surface area contributed by atoms with Gasteiger partial charge in [-0.05, 0) is 25.0 Å². The summed E-state index contributed by atoms with van der Waals surface area (Å²) >= 11 is 1.48. The van der Waals surface area contributed by atoms with Gasteiger partial charge in [-0.1, -0.05) is 0 Å². The summed E-state index contributed by atoms with van der Waals surface area (Å²) in [5.41, 5.74) is 1.25. The van der Waals surface area contributed by atoms with Crippen LogP contribution >= 0.6 is 11.3 Å². The number of aromatic carboxylic acids is 1. The summed E-state index contributed by atoms with van der Waals surface area (Å²) in [6.45, 7) is 0. The van der Waals surface area contributed by atoms with Gasteiger partial charge in [-0.15, -0.1) is 11.3 Å². The average molecular weight is 261 g/mol. The molecule has 2 N–H and O–H groups in total. The van der Waals surface area contributed by atoms with Gasteiger partial charge in [0.15, 0.2) is 5.13 Å². The molecule has 0 unspecified atom stereocenters. The van der Waals surface area contributed by atoms with E-state index in [9.17, 15) is 4.79 Å². The van der Waals surface area contributed by atoms with Gasteiger partial charge >= 0.3 is 5.97 Å². The van der Waals surface area contributed by atoms with E-state index in [-0.39, 0.29) is 5.56 Å². The SMILES string of the molecule is O=C(O)c1cccnc1Nc1nc(C2CC2)cs1. The van der Waals surface area contributed by atoms with E-state index in [1.165, 1.54) is 30.2 Å². The monoisotopic (exact) mass is 261 g/mol. The van der Waals surface area contributed by atoms with Crippen LogP contribution in [0.1, 0.15) is 34.8 Å². The number of carboxylic acids is 1. The largest absolute Gasteiger partial charge is 0.478 e. The first-order chi connectivity index (χ1) is 8.74. The molecule has 1 saturated carbocycles. The van der Waals surface area contributed by atoms with Gasteiger partial charge < -0.3 is 10.4 Å². The van der Waals surface area contributed by atoms with E-state index >= 15 is 0 Å². The minimum absolute atomic E-state index is 0.153. The quantitative estimate of drug-likeness (QED) is 0.885. The van der Waals surface area contributed by atoms with Crippen LogP contribution in [-0.2, 0) is 0 Å². The molecule has 0 atom stereocenters. The van der Waals surface area contributed by atoms with Gasteiger partial charge in [-0.25, -0.2) is 14.8 Å². The zero-order chi connectivity index (χ0) is 12.5. The number of pyridine rings is 1. The number of hydrogen-bond donors (Lipinski definition) is 2. The van der Waals surface area contributed by atoms with Gasteiger partial charge in [0.1, 0.15) is 11.4 Å². The summed E-state index contributed by atoms with van der Waals surface area (Å²) in [5, 5.41) is 14.7. The van der Waals surface area contributed by atoms with Crippen LogP contribution in [-0.4, -0.2) is 21.0 Å². The average Bonchev–Trinajstić information content (AvgIpc) is 3.11. The molecule has 2 aromatic rings. The highest BCUT2D eigenvalue weighted by molar-refractivity contribution is 7.13. The van der Waals surface area contributed by atoms with Crippen LogP contribution in [0.2, 0.25) is 0 Å². The molecule has 0 spiro atoms. The number of nitrogens with zero attached hydrogens (tertiary/aromatic N) is 2. The van der Waals surface area contributed by atoms with E-state index in [0.717, 1.165) is 5.69 Å². The number of carboxylic acid groups (broad SMARTS) is 1. The zero-order valence-corrected chi connectivity index (χ0v) is 10.3. The minimum atomic E-state index is -0.996. The van der Waals surface area contributed by atoms with Crippen LogP contribution in [0.5, 0.6) is 0 Å². The van der Waals surface area contributed by atoms with Crippen LogP contribution in [0.15, 0.2) is 23.7 Å². The Morgan fingerprint density at radius 2 is 2.33 bits per heavy atom. The van der Waals surface area contributed by atoms with E-state index < -0.39 is 5.97 Å². The van der Waals surface area contributed by atoms with E-state index in [1.54, 1.807) is 12.3 Å². The second-order valence-corrected chi connectivity index (χ2v) is 5.04. The Balaban J connectivity index is 1.84. The van der Waals surface area contributed by atoms with Gasteiger partial charge in [-0.3, -0.25) is 0 Å². The van der Waals surface area contributed by atoms with Gasteiger partial charge in [0, 0.05) is 17.5 Å². The molecule has 0 saturated heterocycles. The molecular formula is C12H11N3O2S. The Morgan fingerprint density at radius 1 is 1.50 bits per heavy atom. The van der Waals surface area contributed by atoms with E-state index in [2.05, 4.69) is 15.3 Å². The number of hydrogen-bond acceptors (Lipinski definition) is 5. The third-order valence-electron chi connectivity index (χ3n) is 2.78. The van der Waals surface area contributed by atoms with Crippen molar-refractivity contribution in [2.45, 2.75) is 18.8 Å². The van der Waals surface area contributed by atoms with Gasteiger partial charge in [-0.2, -0.15) is 0 Å². The third-order valence-corrected chi connectivity index (χ3v) is 3.56. The summed E-state index contributed by atoms with van der Waals surface area (Å²) in [6, 6.07) is 3.12. The van der Waals surface area contributed by atoms with Crippen LogP contribution < -0.4 is 5.32 Å². The standard InChI is InChI=1S/C12H11N3O2S/c16-11(17)8-2-1-5-13-10(8)15-12-14-9(6-18-12)7-3-4-7/h1-2,5-7H,3-4H2,(H,16,17)(H,13,14,15). The highest BCUT2D eigenvalue weighted by atomic mass is 32.1. The predicted molar refractivity (Wildman–Crippen MR) is 68.6 cm³/mol. The first-order valence-corrected chi connectivity index (χ1v) is 6.53. The normalized spacial score (nSPS) is 14.4. The predicted octanol–water partition coefficient (Wildman–Crippen LogP) is 2.86. The Kier molecular flexibility index (Phi) is 2.71. The fraction of sp³-hybridized carbons (Fsp3) is 0.250. The lowest BCUT2D eigenvalue weighted by atomic mass is 10.2. The van der Waals surface area contributed by atoms with Crippen molar-refractivity contribution < 1.29 is 9.90 Å². The van der Waals surface area contributed by atoms with Crippen LogP contribution in [0.4, 0.5) is 10.9 Å². The summed E-state index contributed by atoms with van der Waals surface area (Å²) in [6.07, 6.45) is 3.96. The minimum Gasteiger partial charge on any atom is -0.478 e. The Hall–Kier alpha value is -1.95. The third kappa shape index (κ3) is 2.19.